The number of carboxylic acids is 1. The molecular formula is C27H21FN4O3. The van der Waals surface area contributed by atoms with E-state index in [1.54, 1.807) is 36.5 Å². The number of nitrogens with one attached hydrogen (secondary N) is 2. The zero-order valence-electron chi connectivity index (χ0n) is 18.7. The molecule has 0 saturated carbocycles. The first kappa shape index (κ1) is 22.1. The largest absolute Gasteiger partial charge is 0.481 e. The molecule has 0 atom stereocenters. The van der Waals surface area contributed by atoms with E-state index in [4.69, 9.17) is 0 Å². The summed E-state index contributed by atoms with van der Waals surface area (Å²) in [7, 11) is 1.92. The Balaban J connectivity index is 1.60. The van der Waals surface area contributed by atoms with Crippen molar-refractivity contribution < 1.29 is 19.1 Å². The maximum atomic E-state index is 13.8. The van der Waals surface area contributed by atoms with Crippen LogP contribution in [0.4, 0.5) is 15.8 Å². The van der Waals surface area contributed by atoms with Gasteiger partial charge in [0, 0.05) is 36.3 Å². The zero-order chi connectivity index (χ0) is 24.5. The summed E-state index contributed by atoms with van der Waals surface area (Å²) in [5.41, 5.74) is 4.67. The van der Waals surface area contributed by atoms with Crippen molar-refractivity contribution in [2.45, 2.75) is 6.42 Å². The van der Waals surface area contributed by atoms with Gasteiger partial charge in [-0.05, 0) is 59.7 Å². The number of benzene rings is 3. The van der Waals surface area contributed by atoms with Crippen molar-refractivity contribution in [3.8, 4) is 11.4 Å². The standard InChI is InChI=1S/C27H21FN4O3/c1-32-12-11-29-26(32)17-5-8-20(9-6-17)30-25(18-4-2-3-16(13-18)14-23(33)34)24-21-10-7-19(28)15-22(21)31-27(24)35/h2-13,15,30H,14H2,1H3,(H,31,35)(H,33,34)/b25-24-. The van der Waals surface area contributed by atoms with Crippen molar-refractivity contribution in [2.24, 2.45) is 7.05 Å². The van der Waals surface area contributed by atoms with Gasteiger partial charge >= 0.3 is 5.97 Å². The fourth-order valence-electron chi connectivity index (χ4n) is 4.17. The first-order valence-electron chi connectivity index (χ1n) is 10.9. The summed E-state index contributed by atoms with van der Waals surface area (Å²) in [6, 6.07) is 18.8. The van der Waals surface area contributed by atoms with Crippen LogP contribution in [0.5, 0.6) is 0 Å². The van der Waals surface area contributed by atoms with Crippen molar-refractivity contribution in [3.05, 3.63) is 102 Å². The Bertz CT molecular complexity index is 1490. The first-order valence-corrected chi connectivity index (χ1v) is 10.9. The molecule has 7 nitrogen and oxygen atoms in total. The average Bonchev–Trinajstić information content (AvgIpc) is 3.39. The van der Waals surface area contributed by atoms with Gasteiger partial charge in [0.15, 0.2) is 0 Å². The fourth-order valence-corrected chi connectivity index (χ4v) is 4.17. The lowest BCUT2D eigenvalue weighted by Crippen LogP contribution is -2.10. The van der Waals surface area contributed by atoms with E-state index in [0.29, 0.717) is 33.6 Å². The van der Waals surface area contributed by atoms with Crippen LogP contribution in [-0.2, 0) is 23.1 Å². The number of nitrogens with zero attached hydrogens (tertiary/aromatic N) is 2. The highest BCUT2D eigenvalue weighted by atomic mass is 19.1. The van der Waals surface area contributed by atoms with Crippen molar-refractivity contribution in [2.75, 3.05) is 10.6 Å². The molecule has 4 aromatic rings. The summed E-state index contributed by atoms with van der Waals surface area (Å²) in [4.78, 5) is 28.6. The molecule has 1 aliphatic heterocycles. The minimum atomic E-state index is -0.950. The first-order chi connectivity index (χ1) is 16.9. The Morgan fingerprint density at radius 2 is 1.91 bits per heavy atom. The minimum Gasteiger partial charge on any atom is -0.481 e. The molecule has 35 heavy (non-hydrogen) atoms. The number of hydrogen-bond donors (Lipinski definition) is 3. The highest BCUT2D eigenvalue weighted by Crippen LogP contribution is 2.38. The van der Waals surface area contributed by atoms with Crippen LogP contribution in [0.1, 0.15) is 16.7 Å². The van der Waals surface area contributed by atoms with E-state index in [2.05, 4.69) is 15.6 Å². The average molecular weight is 468 g/mol. The van der Waals surface area contributed by atoms with Crippen LogP contribution in [0.25, 0.3) is 22.7 Å². The molecule has 1 aromatic heterocycles. The Kier molecular flexibility index (Phi) is 5.62. The van der Waals surface area contributed by atoms with E-state index in [0.717, 1.165) is 17.1 Å². The summed E-state index contributed by atoms with van der Waals surface area (Å²) in [6.45, 7) is 0. The Hall–Kier alpha value is -4.72. The number of aliphatic carboxylic acids is 1. The van der Waals surface area contributed by atoms with Crippen LogP contribution in [0, 0.1) is 5.82 Å². The fraction of sp³-hybridized carbons (Fsp3) is 0.0741. The van der Waals surface area contributed by atoms with Crippen LogP contribution in [0.3, 0.4) is 0 Å². The lowest BCUT2D eigenvalue weighted by molar-refractivity contribution is -0.136. The molecule has 8 heteroatoms. The van der Waals surface area contributed by atoms with Crippen molar-refractivity contribution in [1.82, 2.24) is 9.55 Å². The number of aryl methyl sites for hydroxylation is 1. The van der Waals surface area contributed by atoms with E-state index < -0.39 is 11.8 Å². The third kappa shape index (κ3) is 4.41. The third-order valence-electron chi connectivity index (χ3n) is 5.78. The highest BCUT2D eigenvalue weighted by Gasteiger charge is 2.29. The van der Waals surface area contributed by atoms with Gasteiger partial charge in [-0.25, -0.2) is 9.37 Å². The van der Waals surface area contributed by atoms with Gasteiger partial charge in [-0.2, -0.15) is 0 Å². The van der Waals surface area contributed by atoms with Gasteiger partial charge in [-0.3, -0.25) is 9.59 Å². The van der Waals surface area contributed by atoms with Crippen LogP contribution < -0.4 is 10.6 Å². The lowest BCUT2D eigenvalue weighted by atomic mass is 9.98. The topological polar surface area (TPSA) is 96.3 Å². The Morgan fingerprint density at radius 3 is 2.63 bits per heavy atom. The summed E-state index contributed by atoms with van der Waals surface area (Å²) < 4.78 is 15.7. The molecule has 0 aliphatic carbocycles. The number of aromatic nitrogens is 2. The van der Waals surface area contributed by atoms with E-state index in [-0.39, 0.29) is 12.3 Å². The molecule has 0 bridgehead atoms. The smallest absolute Gasteiger partial charge is 0.307 e. The number of imidazole rings is 1. The van der Waals surface area contributed by atoms with Crippen molar-refractivity contribution in [1.29, 1.82) is 0 Å². The van der Waals surface area contributed by atoms with Crippen LogP contribution in [0.2, 0.25) is 0 Å². The van der Waals surface area contributed by atoms with Gasteiger partial charge in [0.2, 0.25) is 0 Å². The quantitative estimate of drug-likeness (QED) is 0.354. The second kappa shape index (κ2) is 8.90. The Labute approximate surface area is 200 Å². The molecule has 0 fully saturated rings. The van der Waals surface area contributed by atoms with E-state index in [9.17, 15) is 19.1 Å². The summed E-state index contributed by atoms with van der Waals surface area (Å²) in [5, 5.41) is 15.3. The number of carbonyl (C=O) groups excluding carboxylic acids is 1. The SMILES string of the molecule is Cn1ccnc1-c1ccc(N/C(=C2\C(=O)Nc3cc(F)ccc32)c2cccc(CC(=O)O)c2)cc1. The minimum absolute atomic E-state index is 0.150. The van der Waals surface area contributed by atoms with Gasteiger partial charge in [0.05, 0.1) is 23.4 Å². The number of carboxylic acid groups (broad SMARTS) is 1. The molecule has 5 rings (SSSR count). The van der Waals surface area contributed by atoms with Crippen LogP contribution in [0.15, 0.2) is 79.1 Å². The predicted octanol–water partition coefficient (Wildman–Crippen LogP) is 4.79. The normalized spacial score (nSPS) is 13.8. The number of carbonyl (C=O) groups is 2. The predicted molar refractivity (Wildman–Crippen MR) is 132 cm³/mol. The van der Waals surface area contributed by atoms with Crippen molar-refractivity contribution >= 4 is 34.5 Å². The molecule has 3 N–H and O–H groups in total. The number of rotatable bonds is 6. The van der Waals surface area contributed by atoms with Crippen molar-refractivity contribution in [3.63, 3.8) is 0 Å². The third-order valence-corrected chi connectivity index (χ3v) is 5.78. The van der Waals surface area contributed by atoms with Crippen LogP contribution in [-0.4, -0.2) is 26.5 Å². The maximum absolute atomic E-state index is 13.8. The number of hydrogen-bond acceptors (Lipinski definition) is 4. The summed E-state index contributed by atoms with van der Waals surface area (Å²) >= 11 is 0. The second-order valence-corrected chi connectivity index (χ2v) is 8.23. The van der Waals surface area contributed by atoms with Gasteiger partial charge in [-0.1, -0.05) is 18.2 Å². The number of anilines is 2. The molecule has 174 valence electrons. The number of fused-ring (bicyclic) bond motifs is 1. The molecule has 0 saturated heterocycles. The molecule has 1 aliphatic rings. The zero-order valence-corrected chi connectivity index (χ0v) is 18.7. The van der Waals surface area contributed by atoms with E-state index in [1.165, 1.54) is 12.1 Å². The van der Waals surface area contributed by atoms with E-state index >= 15 is 0 Å². The van der Waals surface area contributed by atoms with Crippen LogP contribution >= 0.6 is 0 Å². The molecule has 1 amide bonds. The number of halogens is 1. The monoisotopic (exact) mass is 468 g/mol. The molecular weight excluding hydrogens is 447 g/mol. The molecule has 0 unspecified atom stereocenters. The Morgan fingerprint density at radius 1 is 1.11 bits per heavy atom. The number of amides is 1. The van der Waals surface area contributed by atoms with Gasteiger partial charge in [0.1, 0.15) is 11.6 Å². The molecule has 3 aromatic carbocycles. The molecule has 2 heterocycles. The highest BCUT2D eigenvalue weighted by molar-refractivity contribution is 6.37. The molecule has 0 spiro atoms. The van der Waals surface area contributed by atoms with Gasteiger partial charge < -0.3 is 20.3 Å². The maximum Gasteiger partial charge on any atom is 0.307 e. The summed E-state index contributed by atoms with van der Waals surface area (Å²) in [6.07, 6.45) is 3.45. The van der Waals surface area contributed by atoms with E-state index in [1.807, 2.05) is 42.1 Å². The lowest BCUT2D eigenvalue weighted by Gasteiger charge is -2.16. The molecule has 0 radical (unpaired) electrons. The summed E-state index contributed by atoms with van der Waals surface area (Å²) in [5.74, 6) is -0.953. The second-order valence-electron chi connectivity index (χ2n) is 8.23. The van der Waals surface area contributed by atoms with Gasteiger partial charge in [-0.15, -0.1) is 0 Å². The van der Waals surface area contributed by atoms with Gasteiger partial charge in [0.25, 0.3) is 5.91 Å².